The lowest BCUT2D eigenvalue weighted by molar-refractivity contribution is 0.984. The standard InChI is InChI=1S/C5H8.C3H5/c1-3-5-4-2;1-2-3-1/h1H,4-5H2,2H3;1H,2-3H2. The Labute approximate surface area is 52.3 Å². The normalized spacial score (nSPS) is 13.0. The average molecular weight is 109 g/mol. The first kappa shape index (κ1) is 7.56. The zero-order valence-corrected chi connectivity index (χ0v) is 5.48. The molecule has 0 aromatic heterocycles. The molecule has 8 heavy (non-hydrogen) atoms. The van der Waals surface area contributed by atoms with Gasteiger partial charge in [-0.15, -0.1) is 12.3 Å². The maximum Gasteiger partial charge on any atom is 0.00834 e. The molecule has 0 bridgehead atoms. The molecule has 0 aromatic carbocycles. The second-order valence-electron chi connectivity index (χ2n) is 1.82. The molecule has 0 amide bonds. The molecule has 0 spiro atoms. The largest absolute Gasteiger partial charge is 0.120 e. The summed E-state index contributed by atoms with van der Waals surface area (Å²) >= 11 is 0. The molecule has 1 aliphatic rings. The highest BCUT2D eigenvalue weighted by atomic mass is 14.0. The van der Waals surface area contributed by atoms with E-state index < -0.39 is 0 Å². The van der Waals surface area contributed by atoms with Gasteiger partial charge >= 0.3 is 0 Å². The van der Waals surface area contributed by atoms with Crippen LogP contribution in [-0.4, -0.2) is 0 Å². The van der Waals surface area contributed by atoms with Gasteiger partial charge in [0.2, 0.25) is 0 Å². The predicted molar refractivity (Wildman–Crippen MR) is 37.3 cm³/mol. The zero-order chi connectivity index (χ0) is 6.24. The zero-order valence-electron chi connectivity index (χ0n) is 5.48. The maximum absolute atomic E-state index is 4.89. The predicted octanol–water partition coefficient (Wildman–Crippen LogP) is 2.40. The highest BCUT2D eigenvalue weighted by molar-refractivity contribution is 4.81. The highest BCUT2D eigenvalue weighted by Gasteiger charge is 1.95. The summed E-state index contributed by atoms with van der Waals surface area (Å²) in [6.45, 7) is 2.07. The van der Waals surface area contributed by atoms with E-state index in [4.69, 9.17) is 6.42 Å². The third-order valence-electron chi connectivity index (χ3n) is 0.683. The van der Waals surface area contributed by atoms with Crippen molar-refractivity contribution in [3.8, 4) is 12.3 Å². The molecule has 0 N–H and O–H groups in total. The van der Waals surface area contributed by atoms with Crippen LogP contribution in [0.3, 0.4) is 0 Å². The quantitative estimate of drug-likeness (QED) is 0.453. The van der Waals surface area contributed by atoms with Crippen LogP contribution < -0.4 is 0 Å². The lowest BCUT2D eigenvalue weighted by Gasteiger charge is -1.69. The first-order valence-electron chi connectivity index (χ1n) is 3.17. The lowest BCUT2D eigenvalue weighted by atomic mass is 10.4. The summed E-state index contributed by atoms with van der Waals surface area (Å²) in [5.74, 6) is 2.52. The molecule has 1 saturated carbocycles. The van der Waals surface area contributed by atoms with Crippen LogP contribution in [-0.2, 0) is 0 Å². The summed E-state index contributed by atoms with van der Waals surface area (Å²) < 4.78 is 0. The summed E-state index contributed by atoms with van der Waals surface area (Å²) in [5, 5.41) is 0. The Kier molecular flexibility index (Phi) is 6.20. The van der Waals surface area contributed by atoms with Gasteiger partial charge in [0.15, 0.2) is 0 Å². The van der Waals surface area contributed by atoms with Crippen molar-refractivity contribution < 1.29 is 0 Å². The molecule has 0 saturated heterocycles. The van der Waals surface area contributed by atoms with Gasteiger partial charge < -0.3 is 0 Å². The van der Waals surface area contributed by atoms with Crippen molar-refractivity contribution in [1.82, 2.24) is 0 Å². The van der Waals surface area contributed by atoms with Crippen molar-refractivity contribution >= 4 is 0 Å². The molecule has 1 rings (SSSR count). The van der Waals surface area contributed by atoms with E-state index in [0.29, 0.717) is 0 Å². The first-order chi connectivity index (χ1) is 3.91. The van der Waals surface area contributed by atoms with Gasteiger partial charge in [0.05, 0.1) is 0 Å². The summed E-state index contributed by atoms with van der Waals surface area (Å²) in [4.78, 5) is 0. The van der Waals surface area contributed by atoms with E-state index in [1.54, 1.807) is 0 Å². The number of hydrogen-bond donors (Lipinski definition) is 0. The van der Waals surface area contributed by atoms with Crippen molar-refractivity contribution in [3.63, 3.8) is 0 Å². The molecule has 1 radical (unpaired) electrons. The molecule has 1 aliphatic carbocycles. The summed E-state index contributed by atoms with van der Waals surface area (Å²) in [5.41, 5.74) is 0. The lowest BCUT2D eigenvalue weighted by Crippen LogP contribution is -1.53. The average Bonchev–Trinajstić information content (AvgIpc) is 2.50. The molecular weight excluding hydrogens is 96.1 g/mol. The third-order valence-corrected chi connectivity index (χ3v) is 0.683. The fraction of sp³-hybridized carbons (Fsp3) is 0.625. The van der Waals surface area contributed by atoms with E-state index in [2.05, 4.69) is 19.3 Å². The second kappa shape index (κ2) is 6.56. The van der Waals surface area contributed by atoms with E-state index >= 15 is 0 Å². The topological polar surface area (TPSA) is 0 Å². The van der Waals surface area contributed by atoms with Gasteiger partial charge in [-0.3, -0.25) is 0 Å². The second-order valence-corrected chi connectivity index (χ2v) is 1.82. The summed E-state index contributed by atoms with van der Waals surface area (Å²) in [6, 6.07) is 0. The van der Waals surface area contributed by atoms with Gasteiger partial charge in [0.1, 0.15) is 0 Å². The van der Waals surface area contributed by atoms with Gasteiger partial charge in [0.25, 0.3) is 0 Å². The molecular formula is C8H13. The fourth-order valence-electron chi connectivity index (χ4n) is 0.144. The van der Waals surface area contributed by atoms with Crippen LogP contribution in [0.1, 0.15) is 32.6 Å². The molecule has 0 heteroatoms. The third kappa shape index (κ3) is 17.6. The van der Waals surface area contributed by atoms with Gasteiger partial charge in [-0.2, -0.15) is 0 Å². The summed E-state index contributed by atoms with van der Waals surface area (Å²) in [6.07, 6.45) is 11.9. The Morgan fingerprint density at radius 3 is 2.12 bits per heavy atom. The van der Waals surface area contributed by atoms with Gasteiger partial charge in [0, 0.05) is 6.42 Å². The van der Waals surface area contributed by atoms with E-state index in [1.165, 1.54) is 12.8 Å². The van der Waals surface area contributed by atoms with E-state index in [-0.39, 0.29) is 0 Å². The molecule has 0 aliphatic heterocycles. The first-order valence-corrected chi connectivity index (χ1v) is 3.17. The minimum absolute atomic E-state index is 0.917. The number of hydrogen-bond acceptors (Lipinski definition) is 0. The van der Waals surface area contributed by atoms with Crippen LogP contribution in [0.2, 0.25) is 0 Å². The van der Waals surface area contributed by atoms with Crippen LogP contribution in [0.25, 0.3) is 0 Å². The smallest absolute Gasteiger partial charge is 0.00834 e. The number of rotatable bonds is 1. The van der Waals surface area contributed by atoms with Crippen molar-refractivity contribution in [2.75, 3.05) is 0 Å². The molecule has 0 heterocycles. The van der Waals surface area contributed by atoms with Gasteiger partial charge in [-0.1, -0.05) is 6.92 Å². The van der Waals surface area contributed by atoms with Crippen molar-refractivity contribution in [2.24, 2.45) is 0 Å². The Hall–Kier alpha value is -0.440. The van der Waals surface area contributed by atoms with Crippen LogP contribution in [0, 0.1) is 18.8 Å². The Balaban J connectivity index is 0.000000135. The van der Waals surface area contributed by atoms with Crippen molar-refractivity contribution in [3.05, 3.63) is 6.42 Å². The van der Waals surface area contributed by atoms with Crippen molar-refractivity contribution in [2.45, 2.75) is 32.6 Å². The Bertz CT molecular complexity index is 61.8. The fourth-order valence-corrected chi connectivity index (χ4v) is 0.144. The molecule has 1 fully saturated rings. The Morgan fingerprint density at radius 1 is 1.62 bits per heavy atom. The molecule has 0 nitrogen and oxygen atoms in total. The highest BCUT2D eigenvalue weighted by Crippen LogP contribution is 2.12. The van der Waals surface area contributed by atoms with Crippen LogP contribution in [0.15, 0.2) is 0 Å². The number of unbranched alkanes of at least 4 members (excludes halogenated alkanes) is 1. The number of terminal acetylenes is 1. The monoisotopic (exact) mass is 109 g/mol. The van der Waals surface area contributed by atoms with Gasteiger partial charge in [-0.25, -0.2) is 0 Å². The SMILES string of the molecule is C#CCCC.[CH]1CC1. The maximum atomic E-state index is 4.89. The van der Waals surface area contributed by atoms with Crippen molar-refractivity contribution in [1.29, 1.82) is 0 Å². The minimum atomic E-state index is 0.917. The minimum Gasteiger partial charge on any atom is -0.120 e. The van der Waals surface area contributed by atoms with Gasteiger partial charge in [-0.05, 0) is 25.7 Å². The van der Waals surface area contributed by atoms with Crippen LogP contribution >= 0.6 is 0 Å². The summed E-state index contributed by atoms with van der Waals surface area (Å²) in [7, 11) is 0. The molecule has 0 aromatic rings. The van der Waals surface area contributed by atoms with Crippen LogP contribution in [0.4, 0.5) is 0 Å². The molecule has 0 atom stereocenters. The van der Waals surface area contributed by atoms with E-state index in [0.717, 1.165) is 12.8 Å². The Morgan fingerprint density at radius 2 is 2.12 bits per heavy atom. The van der Waals surface area contributed by atoms with E-state index in [1.807, 2.05) is 0 Å². The van der Waals surface area contributed by atoms with E-state index in [9.17, 15) is 0 Å². The molecule has 45 valence electrons. The molecule has 0 unspecified atom stereocenters. The van der Waals surface area contributed by atoms with Crippen LogP contribution in [0.5, 0.6) is 0 Å².